The fraction of sp³-hybridized carbons (Fsp3) is 0.905. The summed E-state index contributed by atoms with van der Waals surface area (Å²) in [4.78, 5) is 23.1. The van der Waals surface area contributed by atoms with Crippen LogP contribution in [0.3, 0.4) is 0 Å². The zero-order valence-corrected chi connectivity index (χ0v) is 19.2. The molecule has 0 aromatic carbocycles. The Kier molecular flexibility index (Phi) is 11.7. The number of carbonyl (C=O) groups is 2. The highest BCUT2D eigenvalue weighted by Gasteiger charge is 2.43. The molecule has 3 aliphatic rings. The smallest absolute Gasteiger partial charge is 0.325 e. The topological polar surface area (TPSA) is 101 Å². The summed E-state index contributed by atoms with van der Waals surface area (Å²) < 4.78 is 10.3. The molecule has 0 aromatic rings. The molecule has 5 atom stereocenters. The van der Waals surface area contributed by atoms with E-state index in [4.69, 9.17) is 9.47 Å². The van der Waals surface area contributed by atoms with Gasteiger partial charge in [0, 0.05) is 18.5 Å². The van der Waals surface area contributed by atoms with Crippen molar-refractivity contribution in [1.29, 1.82) is 0 Å². The molecule has 1 aliphatic carbocycles. The minimum absolute atomic E-state index is 0.0351. The van der Waals surface area contributed by atoms with E-state index in [2.05, 4.69) is 21.7 Å². The third-order valence-electron chi connectivity index (χ3n) is 5.09. The molecule has 29 heavy (non-hydrogen) atoms. The number of carbonyl (C=O) groups excluding carboxylic acids is 2. The van der Waals surface area contributed by atoms with Crippen molar-refractivity contribution >= 4 is 11.9 Å². The lowest BCUT2D eigenvalue weighted by molar-refractivity contribution is -0.150. The number of hydrogen-bond donors (Lipinski definition) is 4. The maximum Gasteiger partial charge on any atom is 0.325 e. The van der Waals surface area contributed by atoms with Crippen LogP contribution in [0.2, 0.25) is 0 Å². The molecule has 170 valence electrons. The summed E-state index contributed by atoms with van der Waals surface area (Å²) in [7, 11) is 0. The normalized spacial score (nSPS) is 30.2. The molecule has 5 unspecified atom stereocenters. The van der Waals surface area contributed by atoms with E-state index in [0.717, 1.165) is 13.0 Å². The molecule has 0 spiro atoms. The third kappa shape index (κ3) is 8.20. The van der Waals surface area contributed by atoms with E-state index in [-0.39, 0.29) is 30.1 Å². The number of ether oxygens (including phenoxy) is 2. The van der Waals surface area contributed by atoms with Gasteiger partial charge in [0.15, 0.2) is 0 Å². The first-order valence-corrected chi connectivity index (χ1v) is 11.2. The SMILES string of the molecule is CC.CC(C)COC(=O)C1NNC2CCCC21.CC(C)OC(=O)C1NNCC1C. The molecule has 0 aromatic heterocycles. The third-order valence-corrected chi connectivity index (χ3v) is 5.09. The van der Waals surface area contributed by atoms with E-state index >= 15 is 0 Å². The summed E-state index contributed by atoms with van der Waals surface area (Å²) in [6, 6.07) is 0.158. The van der Waals surface area contributed by atoms with Gasteiger partial charge in [-0.15, -0.1) is 0 Å². The maximum absolute atomic E-state index is 11.8. The van der Waals surface area contributed by atoms with Crippen LogP contribution < -0.4 is 21.7 Å². The van der Waals surface area contributed by atoms with Crippen LogP contribution in [-0.4, -0.2) is 49.3 Å². The highest BCUT2D eigenvalue weighted by Crippen LogP contribution is 2.31. The molecule has 0 bridgehead atoms. The molecule has 8 nitrogen and oxygen atoms in total. The number of nitrogens with one attached hydrogen (secondary N) is 4. The van der Waals surface area contributed by atoms with Gasteiger partial charge in [-0.05, 0) is 38.5 Å². The van der Waals surface area contributed by atoms with Crippen molar-refractivity contribution in [2.75, 3.05) is 13.2 Å². The number of esters is 2. The van der Waals surface area contributed by atoms with Gasteiger partial charge in [-0.25, -0.2) is 10.9 Å². The van der Waals surface area contributed by atoms with E-state index in [9.17, 15) is 9.59 Å². The van der Waals surface area contributed by atoms with Gasteiger partial charge in [0.2, 0.25) is 0 Å². The Morgan fingerprint density at radius 1 is 0.966 bits per heavy atom. The quantitative estimate of drug-likeness (QED) is 0.506. The molecule has 4 N–H and O–H groups in total. The van der Waals surface area contributed by atoms with E-state index in [1.54, 1.807) is 0 Å². The van der Waals surface area contributed by atoms with Gasteiger partial charge in [-0.1, -0.05) is 41.0 Å². The minimum atomic E-state index is -0.188. The van der Waals surface area contributed by atoms with Crippen molar-refractivity contribution in [2.24, 2.45) is 17.8 Å². The van der Waals surface area contributed by atoms with Crippen molar-refractivity contribution in [1.82, 2.24) is 21.7 Å². The highest BCUT2D eigenvalue weighted by atomic mass is 16.5. The lowest BCUT2D eigenvalue weighted by atomic mass is 9.97. The Morgan fingerprint density at radius 3 is 2.21 bits per heavy atom. The molecule has 3 rings (SSSR count). The number of rotatable bonds is 5. The van der Waals surface area contributed by atoms with E-state index < -0.39 is 0 Å². The average Bonchev–Trinajstić information content (AvgIpc) is 3.38. The largest absolute Gasteiger partial charge is 0.464 e. The average molecular weight is 415 g/mol. The number of hydrazine groups is 2. The van der Waals surface area contributed by atoms with Crippen LogP contribution in [0.25, 0.3) is 0 Å². The summed E-state index contributed by atoms with van der Waals surface area (Å²) in [5.74, 6) is 0.886. The number of fused-ring (bicyclic) bond motifs is 1. The molecule has 3 fully saturated rings. The summed E-state index contributed by atoms with van der Waals surface area (Å²) >= 11 is 0. The molecule has 2 heterocycles. The molecule has 2 aliphatic heterocycles. The molecule has 1 saturated carbocycles. The van der Waals surface area contributed by atoms with Crippen LogP contribution >= 0.6 is 0 Å². The maximum atomic E-state index is 11.8. The van der Waals surface area contributed by atoms with Crippen molar-refractivity contribution < 1.29 is 19.1 Å². The van der Waals surface area contributed by atoms with Crippen LogP contribution in [0.15, 0.2) is 0 Å². The fourth-order valence-corrected chi connectivity index (χ4v) is 3.63. The van der Waals surface area contributed by atoms with E-state index in [1.165, 1.54) is 12.8 Å². The van der Waals surface area contributed by atoms with Crippen LogP contribution in [0, 0.1) is 17.8 Å². The first kappa shape index (κ1) is 25.8. The molecular formula is C21H42N4O4. The summed E-state index contributed by atoms with van der Waals surface area (Å²) in [5.41, 5.74) is 12.1. The first-order valence-electron chi connectivity index (χ1n) is 11.2. The van der Waals surface area contributed by atoms with Gasteiger partial charge < -0.3 is 9.47 Å². The molecule has 0 amide bonds. The summed E-state index contributed by atoms with van der Waals surface area (Å²) in [5, 5.41) is 0. The van der Waals surface area contributed by atoms with E-state index in [1.807, 2.05) is 48.5 Å². The van der Waals surface area contributed by atoms with Gasteiger partial charge in [-0.2, -0.15) is 0 Å². The van der Waals surface area contributed by atoms with Gasteiger partial charge in [0.05, 0.1) is 12.7 Å². The van der Waals surface area contributed by atoms with Crippen molar-refractivity contribution in [3.63, 3.8) is 0 Å². The molecular weight excluding hydrogens is 372 g/mol. The molecule has 2 saturated heterocycles. The van der Waals surface area contributed by atoms with Gasteiger partial charge >= 0.3 is 11.9 Å². The predicted molar refractivity (Wildman–Crippen MR) is 114 cm³/mol. The zero-order chi connectivity index (χ0) is 22.0. The molecule has 0 radical (unpaired) electrons. The van der Waals surface area contributed by atoms with Crippen LogP contribution in [0.4, 0.5) is 0 Å². The predicted octanol–water partition coefficient (Wildman–Crippen LogP) is 1.91. The van der Waals surface area contributed by atoms with Crippen LogP contribution in [0.1, 0.15) is 67.7 Å². The van der Waals surface area contributed by atoms with E-state index in [0.29, 0.717) is 30.4 Å². The van der Waals surface area contributed by atoms with Crippen molar-refractivity contribution in [3.05, 3.63) is 0 Å². The first-order chi connectivity index (χ1) is 13.8. The Labute approximate surface area is 176 Å². The summed E-state index contributed by atoms with van der Waals surface area (Å²) in [6.45, 7) is 15.2. The standard InChI is InChI=1S/C11H20N2O2.C8H16N2O2.C2H6/c1-7(2)6-15-11(14)10-8-4-3-5-9(8)12-13-10;1-5(2)12-8(11)7-6(3)4-9-10-7;1-2/h7-10,12-13H,3-6H2,1-2H3;5-7,9-10H,4H2,1-3H3;1-2H3. The van der Waals surface area contributed by atoms with Gasteiger partial charge in [-0.3, -0.25) is 20.4 Å². The summed E-state index contributed by atoms with van der Waals surface area (Å²) in [6.07, 6.45) is 3.49. The Hall–Kier alpha value is -1.22. The monoisotopic (exact) mass is 414 g/mol. The Bertz CT molecular complexity index is 501. The molecule has 8 heteroatoms. The van der Waals surface area contributed by atoms with Crippen LogP contribution in [-0.2, 0) is 19.1 Å². The van der Waals surface area contributed by atoms with Gasteiger partial charge in [0.1, 0.15) is 12.1 Å². The Balaban J connectivity index is 0.000000273. The second kappa shape index (κ2) is 13.2. The zero-order valence-electron chi connectivity index (χ0n) is 19.2. The van der Waals surface area contributed by atoms with Gasteiger partial charge in [0.25, 0.3) is 0 Å². The minimum Gasteiger partial charge on any atom is -0.464 e. The Morgan fingerprint density at radius 2 is 1.66 bits per heavy atom. The number of hydrogen-bond acceptors (Lipinski definition) is 8. The second-order valence-corrected chi connectivity index (χ2v) is 8.46. The second-order valence-electron chi connectivity index (χ2n) is 8.46. The van der Waals surface area contributed by atoms with Crippen molar-refractivity contribution in [2.45, 2.75) is 92.0 Å². The van der Waals surface area contributed by atoms with Crippen molar-refractivity contribution in [3.8, 4) is 0 Å². The fourth-order valence-electron chi connectivity index (χ4n) is 3.63. The lowest BCUT2D eigenvalue weighted by Gasteiger charge is -2.16. The lowest BCUT2D eigenvalue weighted by Crippen LogP contribution is -2.40. The highest BCUT2D eigenvalue weighted by molar-refractivity contribution is 5.77. The van der Waals surface area contributed by atoms with Crippen LogP contribution in [0.5, 0.6) is 0 Å².